The normalized spacial score (nSPS) is 17.0. The Morgan fingerprint density at radius 3 is 2.45 bits per heavy atom. The number of benzene rings is 1. The highest BCUT2D eigenvalue weighted by molar-refractivity contribution is 6.30. The summed E-state index contributed by atoms with van der Waals surface area (Å²) in [5, 5.41) is 8.97. The number of piperidine rings is 1. The van der Waals surface area contributed by atoms with Gasteiger partial charge in [-0.15, -0.1) is 10.2 Å². The molecular weight excluding hydrogens is 416 g/mol. The minimum atomic E-state index is -0.000723. The molecule has 9 heteroatoms. The topological polar surface area (TPSA) is 88.3 Å². The van der Waals surface area contributed by atoms with E-state index in [9.17, 15) is 4.79 Å². The van der Waals surface area contributed by atoms with Crippen LogP contribution >= 0.6 is 11.6 Å². The molecule has 2 fully saturated rings. The Balaban J connectivity index is 1.23. The summed E-state index contributed by atoms with van der Waals surface area (Å²) in [6.07, 6.45) is 7.13. The number of amides is 1. The molecule has 5 rings (SSSR count). The zero-order chi connectivity index (χ0) is 21.2. The maximum atomic E-state index is 13.3. The van der Waals surface area contributed by atoms with Crippen molar-refractivity contribution in [2.45, 2.75) is 38.3 Å². The summed E-state index contributed by atoms with van der Waals surface area (Å²) in [5.41, 5.74) is 0.808. The molecule has 0 bridgehead atoms. The van der Waals surface area contributed by atoms with E-state index < -0.39 is 0 Å². The molecule has 1 saturated carbocycles. The molecule has 0 radical (unpaired) electrons. The van der Waals surface area contributed by atoms with E-state index in [2.05, 4.69) is 25.1 Å². The SMILES string of the molecule is O=C(C1CCN(c2ncccn2)CC1)N(Cc1nnc(-c2ccc(Cl)cc2)o1)C1CC1. The number of nitrogens with zero attached hydrogens (tertiary/aromatic N) is 6. The van der Waals surface area contributed by atoms with Crippen LogP contribution in [-0.2, 0) is 11.3 Å². The number of hydrogen-bond donors (Lipinski definition) is 0. The predicted octanol–water partition coefficient (Wildman–Crippen LogP) is 3.59. The summed E-state index contributed by atoms with van der Waals surface area (Å²) in [4.78, 5) is 26.0. The molecule has 2 aliphatic rings. The average molecular weight is 439 g/mol. The first-order chi connectivity index (χ1) is 15.2. The summed E-state index contributed by atoms with van der Waals surface area (Å²) >= 11 is 5.95. The number of rotatable bonds is 6. The van der Waals surface area contributed by atoms with E-state index in [1.165, 1.54) is 0 Å². The highest BCUT2D eigenvalue weighted by Crippen LogP contribution is 2.32. The summed E-state index contributed by atoms with van der Waals surface area (Å²) in [5.74, 6) is 1.81. The fraction of sp³-hybridized carbons (Fsp3) is 0.409. The van der Waals surface area contributed by atoms with Gasteiger partial charge in [0.1, 0.15) is 0 Å². The van der Waals surface area contributed by atoms with Gasteiger partial charge in [-0.05, 0) is 56.0 Å². The molecule has 0 spiro atoms. The Labute approximate surface area is 185 Å². The van der Waals surface area contributed by atoms with Gasteiger partial charge < -0.3 is 14.2 Å². The highest BCUT2D eigenvalue weighted by Gasteiger charge is 2.38. The molecule has 160 valence electrons. The second kappa shape index (κ2) is 8.63. The lowest BCUT2D eigenvalue weighted by molar-refractivity contribution is -0.137. The van der Waals surface area contributed by atoms with Crippen LogP contribution in [0.15, 0.2) is 47.1 Å². The van der Waals surface area contributed by atoms with Crippen LogP contribution in [0.1, 0.15) is 31.6 Å². The van der Waals surface area contributed by atoms with E-state index in [1.807, 2.05) is 23.1 Å². The molecule has 1 aliphatic carbocycles. The summed E-state index contributed by atoms with van der Waals surface area (Å²) in [7, 11) is 0. The molecule has 1 amide bonds. The van der Waals surface area contributed by atoms with Crippen molar-refractivity contribution < 1.29 is 9.21 Å². The molecule has 3 heterocycles. The van der Waals surface area contributed by atoms with Gasteiger partial charge in [0.25, 0.3) is 0 Å². The molecule has 3 aromatic rings. The number of carbonyl (C=O) groups is 1. The Kier molecular flexibility index (Phi) is 5.55. The Bertz CT molecular complexity index is 1030. The fourth-order valence-electron chi connectivity index (χ4n) is 3.96. The fourth-order valence-corrected chi connectivity index (χ4v) is 4.09. The quantitative estimate of drug-likeness (QED) is 0.581. The third-order valence-corrected chi connectivity index (χ3v) is 6.07. The minimum Gasteiger partial charge on any atom is -0.419 e. The lowest BCUT2D eigenvalue weighted by Crippen LogP contribution is -2.43. The molecule has 31 heavy (non-hydrogen) atoms. The van der Waals surface area contributed by atoms with Gasteiger partial charge in [0.05, 0.1) is 6.54 Å². The number of hydrogen-bond acceptors (Lipinski definition) is 7. The lowest BCUT2D eigenvalue weighted by Gasteiger charge is -2.34. The van der Waals surface area contributed by atoms with Crippen LogP contribution < -0.4 is 4.90 Å². The summed E-state index contributed by atoms with van der Waals surface area (Å²) in [6.45, 7) is 1.91. The van der Waals surface area contributed by atoms with Crippen molar-refractivity contribution in [3.05, 3.63) is 53.6 Å². The smallest absolute Gasteiger partial charge is 0.247 e. The highest BCUT2D eigenvalue weighted by atomic mass is 35.5. The van der Waals surface area contributed by atoms with Gasteiger partial charge in [0.15, 0.2) is 0 Å². The van der Waals surface area contributed by atoms with Gasteiger partial charge in [0, 0.05) is 48.0 Å². The molecular formula is C22H23ClN6O2. The number of anilines is 1. The number of aromatic nitrogens is 4. The standard InChI is InChI=1S/C22H23ClN6O2/c23-17-4-2-15(3-5-17)20-27-26-19(31-20)14-29(18-6-7-18)21(30)16-8-12-28(13-9-16)22-24-10-1-11-25-22/h1-5,10-11,16,18H,6-9,12-14H2. The maximum absolute atomic E-state index is 13.3. The molecule has 8 nitrogen and oxygen atoms in total. The van der Waals surface area contributed by atoms with E-state index >= 15 is 0 Å². The van der Waals surface area contributed by atoms with E-state index in [-0.39, 0.29) is 17.9 Å². The van der Waals surface area contributed by atoms with E-state index in [0.717, 1.165) is 50.3 Å². The molecule has 0 unspecified atom stereocenters. The van der Waals surface area contributed by atoms with Gasteiger partial charge >= 0.3 is 0 Å². The van der Waals surface area contributed by atoms with Gasteiger partial charge in [-0.3, -0.25) is 4.79 Å². The van der Waals surface area contributed by atoms with Crippen LogP contribution in [0.4, 0.5) is 5.95 Å². The predicted molar refractivity (Wildman–Crippen MR) is 115 cm³/mol. The van der Waals surface area contributed by atoms with Crippen molar-refractivity contribution in [3.8, 4) is 11.5 Å². The maximum Gasteiger partial charge on any atom is 0.247 e. The van der Waals surface area contributed by atoms with E-state index in [4.69, 9.17) is 16.0 Å². The number of halogens is 1. The van der Waals surface area contributed by atoms with Crippen LogP contribution in [0.3, 0.4) is 0 Å². The first kappa shape index (κ1) is 19.9. The van der Waals surface area contributed by atoms with E-state index in [1.54, 1.807) is 24.5 Å². The molecule has 1 saturated heterocycles. The van der Waals surface area contributed by atoms with Gasteiger partial charge in [-0.25, -0.2) is 9.97 Å². The monoisotopic (exact) mass is 438 g/mol. The molecule has 2 aromatic heterocycles. The lowest BCUT2D eigenvalue weighted by atomic mass is 9.95. The summed E-state index contributed by atoms with van der Waals surface area (Å²) < 4.78 is 5.85. The average Bonchev–Trinajstić information content (AvgIpc) is 3.56. The van der Waals surface area contributed by atoms with Crippen molar-refractivity contribution in [2.75, 3.05) is 18.0 Å². The largest absolute Gasteiger partial charge is 0.419 e. The zero-order valence-corrected chi connectivity index (χ0v) is 17.8. The van der Waals surface area contributed by atoms with Gasteiger partial charge in [-0.1, -0.05) is 11.6 Å². The Morgan fingerprint density at radius 1 is 1.06 bits per heavy atom. The second-order valence-corrected chi connectivity index (χ2v) is 8.45. The minimum absolute atomic E-state index is 0.000723. The third kappa shape index (κ3) is 4.54. The zero-order valence-electron chi connectivity index (χ0n) is 17.0. The van der Waals surface area contributed by atoms with Gasteiger partial charge in [-0.2, -0.15) is 0 Å². The molecule has 0 N–H and O–H groups in total. The van der Waals surface area contributed by atoms with E-state index in [0.29, 0.717) is 23.3 Å². The van der Waals surface area contributed by atoms with Crippen LogP contribution in [0.25, 0.3) is 11.5 Å². The van der Waals surface area contributed by atoms with Crippen molar-refractivity contribution in [1.29, 1.82) is 0 Å². The van der Waals surface area contributed by atoms with Crippen molar-refractivity contribution in [2.24, 2.45) is 5.92 Å². The molecule has 0 atom stereocenters. The second-order valence-electron chi connectivity index (χ2n) is 8.02. The summed E-state index contributed by atoms with van der Waals surface area (Å²) in [6, 6.07) is 9.33. The van der Waals surface area contributed by atoms with Crippen LogP contribution in [0.2, 0.25) is 5.02 Å². The van der Waals surface area contributed by atoms with Gasteiger partial charge in [0.2, 0.25) is 23.6 Å². The molecule has 1 aliphatic heterocycles. The van der Waals surface area contributed by atoms with Crippen molar-refractivity contribution in [1.82, 2.24) is 25.1 Å². The number of carbonyl (C=O) groups excluding carboxylic acids is 1. The Morgan fingerprint density at radius 2 is 1.77 bits per heavy atom. The van der Waals surface area contributed by atoms with Crippen molar-refractivity contribution >= 4 is 23.5 Å². The van der Waals surface area contributed by atoms with Crippen molar-refractivity contribution in [3.63, 3.8) is 0 Å². The van der Waals surface area contributed by atoms with Crippen LogP contribution in [0.5, 0.6) is 0 Å². The van der Waals surface area contributed by atoms with Crippen LogP contribution in [-0.4, -0.2) is 50.1 Å². The first-order valence-corrected chi connectivity index (χ1v) is 11.0. The van der Waals surface area contributed by atoms with Crippen LogP contribution in [0, 0.1) is 5.92 Å². The molecule has 1 aromatic carbocycles. The third-order valence-electron chi connectivity index (χ3n) is 5.81. The Hall–Kier alpha value is -3.00. The first-order valence-electron chi connectivity index (χ1n) is 10.6.